The van der Waals surface area contributed by atoms with E-state index in [1.807, 2.05) is 33.8 Å². The van der Waals surface area contributed by atoms with Gasteiger partial charge in [-0.1, -0.05) is 18.6 Å². The third-order valence-corrected chi connectivity index (χ3v) is 8.03. The second-order valence-corrected chi connectivity index (χ2v) is 12.9. The summed E-state index contributed by atoms with van der Waals surface area (Å²) in [7, 11) is 4.11. The number of benzene rings is 1. The molecule has 0 spiro atoms. The molecule has 226 valence electrons. The van der Waals surface area contributed by atoms with E-state index in [9.17, 15) is 14.3 Å². The van der Waals surface area contributed by atoms with Crippen LogP contribution in [0.15, 0.2) is 40.8 Å². The second-order valence-electron chi connectivity index (χ2n) is 12.9. The lowest BCUT2D eigenvalue weighted by Crippen LogP contribution is -2.26. The van der Waals surface area contributed by atoms with Gasteiger partial charge in [0.25, 0.3) is 0 Å². The van der Waals surface area contributed by atoms with Gasteiger partial charge in [-0.25, -0.2) is 4.39 Å². The van der Waals surface area contributed by atoms with Crippen LogP contribution in [0.3, 0.4) is 0 Å². The van der Waals surface area contributed by atoms with Crippen molar-refractivity contribution in [1.82, 2.24) is 9.47 Å². The van der Waals surface area contributed by atoms with Crippen LogP contribution in [0.4, 0.5) is 10.1 Å². The van der Waals surface area contributed by atoms with Gasteiger partial charge in [-0.3, -0.25) is 4.79 Å². The molecule has 4 N–H and O–H groups in total. The summed E-state index contributed by atoms with van der Waals surface area (Å²) in [6, 6.07) is 2.19. The molecule has 7 heteroatoms. The predicted octanol–water partition coefficient (Wildman–Crippen LogP) is 7.39. The van der Waals surface area contributed by atoms with Gasteiger partial charge in [-0.05, 0) is 128 Å². The number of nitrogens with two attached hydrogens (primary N) is 1. The summed E-state index contributed by atoms with van der Waals surface area (Å²) in [4.78, 5) is 14.0. The lowest BCUT2D eigenvalue weighted by molar-refractivity contribution is -0.136. The van der Waals surface area contributed by atoms with Crippen molar-refractivity contribution in [1.29, 1.82) is 0 Å². The summed E-state index contributed by atoms with van der Waals surface area (Å²) in [6.45, 7) is 17.1. The van der Waals surface area contributed by atoms with Crippen molar-refractivity contribution in [2.75, 3.05) is 32.5 Å². The summed E-state index contributed by atoms with van der Waals surface area (Å²) in [5, 5.41) is 14.4. The monoisotopic (exact) mass is 566 g/mol. The largest absolute Gasteiger partial charge is 0.481 e. The molecule has 0 saturated heterocycles. The first-order valence-corrected chi connectivity index (χ1v) is 15.0. The number of allylic oxidation sites excluding steroid dienone is 6. The Kier molecular flexibility index (Phi) is 10.6. The first-order valence-electron chi connectivity index (χ1n) is 15.0. The number of anilines is 1. The van der Waals surface area contributed by atoms with Gasteiger partial charge in [0.1, 0.15) is 5.83 Å². The normalized spacial score (nSPS) is 18.3. The number of nitrogens with one attached hydrogen (secondary N) is 1. The van der Waals surface area contributed by atoms with Crippen molar-refractivity contribution >= 4 is 22.6 Å². The van der Waals surface area contributed by atoms with Crippen molar-refractivity contribution in [2.24, 2.45) is 5.73 Å². The fourth-order valence-electron chi connectivity index (χ4n) is 5.91. The standard InChI is InChI=1S/C26H29FN2O2.2C4H11N/c1-14-12-21-24(18-8-9-22(27)19-7-5-4-6-17(19)15(18)2)20(13-23(30)31)16(3)25-26(21)29(14)11-10-28-25;1-4-5(2)3;1-4(2,3)5/h8-9,12,18,28H,4-7,10-11,13H2,1-3H3,(H,30,31);4H2,1-3H3;5H2,1-3H3. The Bertz CT molecular complexity index is 1370. The van der Waals surface area contributed by atoms with Crippen LogP contribution in [-0.2, 0) is 17.8 Å². The number of fused-ring (bicyclic) bond motifs is 1. The van der Waals surface area contributed by atoms with Crippen molar-refractivity contribution in [3.8, 4) is 0 Å². The minimum Gasteiger partial charge on any atom is -0.481 e. The maximum absolute atomic E-state index is 15.0. The minimum absolute atomic E-state index is 0. The number of rotatable bonds is 4. The topological polar surface area (TPSA) is 83.5 Å². The molecule has 1 aliphatic heterocycles. The molecular weight excluding hydrogens is 515 g/mol. The van der Waals surface area contributed by atoms with Crippen LogP contribution in [0, 0.1) is 13.8 Å². The van der Waals surface area contributed by atoms with Crippen molar-refractivity contribution in [3.05, 3.63) is 63.1 Å². The van der Waals surface area contributed by atoms with Crippen LogP contribution in [0.1, 0.15) is 88.6 Å². The Morgan fingerprint density at radius 1 is 1.17 bits per heavy atom. The van der Waals surface area contributed by atoms with Crippen LogP contribution in [-0.4, -0.2) is 53.3 Å². The SMILES string of the molecule is CC(C)(C)N.CC1=C2CCCCC2=C(F)C=CC1c1c(CC(=O)O)c(C)c2c3c1cc(C)n3CCN2.CCN(C)C. The number of aryl methyl sites for hydroxylation is 1. The van der Waals surface area contributed by atoms with Crippen LogP contribution in [0.25, 0.3) is 10.9 Å². The Labute approximate surface area is 246 Å². The predicted molar refractivity (Wildman–Crippen MR) is 171 cm³/mol. The number of carboxylic acid groups (broad SMARTS) is 1. The van der Waals surface area contributed by atoms with E-state index in [2.05, 4.69) is 55.7 Å². The lowest BCUT2D eigenvalue weighted by atomic mass is 9.78. The van der Waals surface area contributed by atoms with Crippen LogP contribution >= 0.6 is 0 Å². The molecule has 1 fully saturated rings. The summed E-state index contributed by atoms with van der Waals surface area (Å²) < 4.78 is 17.3. The van der Waals surface area contributed by atoms with Gasteiger partial charge in [0.05, 0.1) is 17.6 Å². The number of halogens is 1. The molecular formula is C34H51FN4O2. The van der Waals surface area contributed by atoms with E-state index in [-0.39, 0.29) is 23.7 Å². The highest BCUT2D eigenvalue weighted by atomic mass is 19.1. The van der Waals surface area contributed by atoms with E-state index < -0.39 is 5.97 Å². The van der Waals surface area contributed by atoms with Gasteiger partial charge in [0, 0.05) is 35.6 Å². The molecule has 2 aliphatic carbocycles. The highest BCUT2D eigenvalue weighted by molar-refractivity contribution is 6.00. The third-order valence-electron chi connectivity index (χ3n) is 8.03. The molecule has 2 aromatic rings. The van der Waals surface area contributed by atoms with Crippen LogP contribution < -0.4 is 11.1 Å². The maximum Gasteiger partial charge on any atom is 0.307 e. The molecule has 1 unspecified atom stereocenters. The Morgan fingerprint density at radius 2 is 1.76 bits per heavy atom. The highest BCUT2D eigenvalue weighted by Crippen LogP contribution is 2.47. The fourth-order valence-corrected chi connectivity index (χ4v) is 5.91. The summed E-state index contributed by atoms with van der Waals surface area (Å²) in [5.74, 6) is -1.10. The second kappa shape index (κ2) is 13.4. The number of nitrogens with zero attached hydrogens (tertiary/aromatic N) is 2. The number of aliphatic carboxylic acids is 1. The van der Waals surface area contributed by atoms with Crippen molar-refractivity contribution in [2.45, 2.75) is 98.6 Å². The number of hydrogen-bond acceptors (Lipinski definition) is 4. The number of hydrogen-bond donors (Lipinski definition) is 3. The average molecular weight is 567 g/mol. The van der Waals surface area contributed by atoms with E-state index in [0.717, 1.165) is 95.3 Å². The zero-order chi connectivity index (χ0) is 30.6. The summed E-state index contributed by atoms with van der Waals surface area (Å²) in [6.07, 6.45) is 7.31. The van der Waals surface area contributed by atoms with Crippen molar-refractivity contribution < 1.29 is 14.3 Å². The molecule has 5 rings (SSSR count). The molecule has 1 aromatic heterocycles. The van der Waals surface area contributed by atoms with Crippen LogP contribution in [0.2, 0.25) is 0 Å². The lowest BCUT2D eigenvalue weighted by Gasteiger charge is -2.28. The minimum atomic E-state index is -0.839. The Balaban J connectivity index is 0.000000400. The summed E-state index contributed by atoms with van der Waals surface area (Å²) in [5.41, 5.74) is 14.8. The summed E-state index contributed by atoms with van der Waals surface area (Å²) >= 11 is 0. The molecule has 1 aromatic carbocycles. The molecule has 1 saturated carbocycles. The average Bonchev–Trinajstić information content (AvgIpc) is 3.17. The van der Waals surface area contributed by atoms with Gasteiger partial charge in [0.15, 0.2) is 0 Å². The van der Waals surface area contributed by atoms with Gasteiger partial charge < -0.3 is 25.6 Å². The fraction of sp³-hybridized carbons (Fsp3) is 0.559. The highest BCUT2D eigenvalue weighted by Gasteiger charge is 2.31. The van der Waals surface area contributed by atoms with E-state index in [1.165, 1.54) is 5.69 Å². The zero-order valence-corrected chi connectivity index (χ0v) is 26.7. The third kappa shape index (κ3) is 7.69. The zero-order valence-electron chi connectivity index (χ0n) is 26.7. The molecule has 0 bridgehead atoms. The molecule has 41 heavy (non-hydrogen) atoms. The quantitative estimate of drug-likeness (QED) is 0.359. The number of carboxylic acids is 1. The van der Waals surface area contributed by atoms with E-state index in [0.29, 0.717) is 0 Å². The molecule has 3 aliphatic rings. The first-order chi connectivity index (χ1) is 19.1. The van der Waals surface area contributed by atoms with Gasteiger partial charge in [-0.2, -0.15) is 0 Å². The van der Waals surface area contributed by atoms with Gasteiger partial charge in [0.2, 0.25) is 0 Å². The van der Waals surface area contributed by atoms with E-state index in [4.69, 9.17) is 5.73 Å². The molecule has 1 atom stereocenters. The number of aromatic nitrogens is 1. The van der Waals surface area contributed by atoms with Gasteiger partial charge in [-0.15, -0.1) is 0 Å². The first kappa shape index (κ1) is 32.6. The molecule has 6 nitrogen and oxygen atoms in total. The molecule has 0 radical (unpaired) electrons. The number of carbonyl (C=O) groups is 1. The maximum atomic E-state index is 15.0. The van der Waals surface area contributed by atoms with E-state index in [1.54, 1.807) is 6.08 Å². The van der Waals surface area contributed by atoms with Crippen LogP contribution in [0.5, 0.6) is 0 Å². The smallest absolute Gasteiger partial charge is 0.307 e. The van der Waals surface area contributed by atoms with E-state index >= 15 is 0 Å². The van der Waals surface area contributed by atoms with Crippen molar-refractivity contribution in [3.63, 3.8) is 0 Å². The molecule has 2 heterocycles. The molecule has 0 amide bonds. The Hall–Kier alpha value is -2.90. The van der Waals surface area contributed by atoms with Gasteiger partial charge >= 0.3 is 5.97 Å². The Morgan fingerprint density at radius 3 is 2.32 bits per heavy atom.